The Morgan fingerprint density at radius 3 is 2.42 bits per heavy atom. The van der Waals surface area contributed by atoms with Crippen molar-refractivity contribution in [3.63, 3.8) is 0 Å². The molecule has 26 heavy (non-hydrogen) atoms. The van der Waals surface area contributed by atoms with Crippen LogP contribution in [-0.2, 0) is 4.79 Å². The first-order chi connectivity index (χ1) is 12.8. The van der Waals surface area contributed by atoms with Crippen molar-refractivity contribution in [3.05, 3.63) is 41.7 Å². The second-order valence-corrected chi connectivity index (χ2v) is 8.73. The summed E-state index contributed by atoms with van der Waals surface area (Å²) in [5.74, 6) is 1.95. The van der Waals surface area contributed by atoms with Gasteiger partial charge in [-0.2, -0.15) is 0 Å². The van der Waals surface area contributed by atoms with Crippen LogP contribution in [0.4, 0.5) is 0 Å². The lowest BCUT2D eigenvalue weighted by Crippen LogP contribution is -2.31. The normalized spacial score (nSPS) is 21.2. The van der Waals surface area contributed by atoms with E-state index in [2.05, 4.69) is 26.9 Å². The van der Waals surface area contributed by atoms with E-state index in [-0.39, 0.29) is 11.2 Å². The Morgan fingerprint density at radius 2 is 1.77 bits per heavy atom. The smallest absolute Gasteiger partial charge is 0.240 e. The third-order valence-corrected chi connectivity index (χ3v) is 6.71. The molecule has 136 valence electrons. The standard InChI is InChI=1S/C20H24N4OS/c25-19(23-12-4-5-13-23)17(14-6-2-1-3-7-14)26-20-22-21-18(15-8-9-15)24(20)16-10-11-16/h1-3,6-7,15-17H,4-5,8-13H2/t17-/m1/s1. The van der Waals surface area contributed by atoms with Gasteiger partial charge in [-0.3, -0.25) is 4.79 Å². The summed E-state index contributed by atoms with van der Waals surface area (Å²) in [7, 11) is 0. The van der Waals surface area contributed by atoms with Gasteiger partial charge in [0.05, 0.1) is 0 Å². The van der Waals surface area contributed by atoms with E-state index >= 15 is 0 Å². The number of rotatable bonds is 6. The first kappa shape index (κ1) is 16.4. The third kappa shape index (κ3) is 3.15. The average Bonchev–Trinajstić information content (AvgIpc) is 3.60. The van der Waals surface area contributed by atoms with Crippen molar-refractivity contribution in [1.29, 1.82) is 0 Å². The van der Waals surface area contributed by atoms with Crippen LogP contribution in [0, 0.1) is 0 Å². The molecule has 5 nitrogen and oxygen atoms in total. The lowest BCUT2D eigenvalue weighted by molar-refractivity contribution is -0.129. The first-order valence-electron chi connectivity index (χ1n) is 9.76. The lowest BCUT2D eigenvalue weighted by Gasteiger charge is -2.23. The number of carbonyl (C=O) groups excluding carboxylic acids is 1. The summed E-state index contributed by atoms with van der Waals surface area (Å²) in [5.41, 5.74) is 1.06. The number of carbonyl (C=O) groups is 1. The van der Waals surface area contributed by atoms with Crippen LogP contribution in [0.1, 0.15) is 67.1 Å². The Morgan fingerprint density at radius 1 is 1.04 bits per heavy atom. The molecular weight excluding hydrogens is 344 g/mol. The van der Waals surface area contributed by atoms with E-state index in [9.17, 15) is 4.79 Å². The number of nitrogens with zero attached hydrogens (tertiary/aromatic N) is 4. The summed E-state index contributed by atoms with van der Waals surface area (Å²) < 4.78 is 2.34. The molecule has 1 aliphatic heterocycles. The molecule has 0 unspecified atom stereocenters. The predicted molar refractivity (Wildman–Crippen MR) is 101 cm³/mol. The molecule has 2 saturated carbocycles. The average molecular weight is 369 g/mol. The molecule has 0 radical (unpaired) electrons. The van der Waals surface area contributed by atoms with Crippen molar-refractivity contribution >= 4 is 17.7 Å². The number of thioether (sulfide) groups is 1. The van der Waals surface area contributed by atoms with Gasteiger partial charge in [-0.1, -0.05) is 42.1 Å². The summed E-state index contributed by atoms with van der Waals surface area (Å²) >= 11 is 1.60. The Hall–Kier alpha value is -1.82. The molecule has 2 heterocycles. The van der Waals surface area contributed by atoms with E-state index in [4.69, 9.17) is 0 Å². The van der Waals surface area contributed by atoms with Gasteiger partial charge >= 0.3 is 0 Å². The molecule has 1 aromatic carbocycles. The summed E-state index contributed by atoms with van der Waals surface area (Å²) in [6, 6.07) is 10.7. The van der Waals surface area contributed by atoms with E-state index < -0.39 is 0 Å². The molecule has 1 aromatic heterocycles. The van der Waals surface area contributed by atoms with E-state index in [1.165, 1.54) is 25.7 Å². The maximum atomic E-state index is 13.2. The minimum Gasteiger partial charge on any atom is -0.341 e. The monoisotopic (exact) mass is 368 g/mol. The highest BCUT2D eigenvalue weighted by atomic mass is 32.2. The molecule has 6 heteroatoms. The second-order valence-electron chi connectivity index (χ2n) is 7.66. The zero-order valence-electron chi connectivity index (χ0n) is 14.9. The van der Waals surface area contributed by atoms with Gasteiger partial charge in [-0.15, -0.1) is 10.2 Å². The van der Waals surface area contributed by atoms with Crippen LogP contribution in [-0.4, -0.2) is 38.7 Å². The van der Waals surface area contributed by atoms with Gasteiger partial charge in [-0.25, -0.2) is 0 Å². The third-order valence-electron chi connectivity index (χ3n) is 5.51. The van der Waals surface area contributed by atoms with Crippen molar-refractivity contribution in [3.8, 4) is 0 Å². The molecule has 3 fully saturated rings. The summed E-state index contributed by atoms with van der Waals surface area (Å²) in [4.78, 5) is 15.3. The Balaban J connectivity index is 1.47. The van der Waals surface area contributed by atoms with Gasteiger partial charge in [0.1, 0.15) is 11.1 Å². The molecule has 2 aromatic rings. The Labute approximate surface area is 158 Å². The van der Waals surface area contributed by atoms with Gasteiger partial charge in [-0.05, 0) is 44.1 Å². The lowest BCUT2D eigenvalue weighted by atomic mass is 10.1. The van der Waals surface area contributed by atoms with Crippen LogP contribution >= 0.6 is 11.8 Å². The maximum Gasteiger partial charge on any atom is 0.240 e. The van der Waals surface area contributed by atoms with Crippen molar-refractivity contribution in [2.45, 2.75) is 60.9 Å². The fraction of sp³-hybridized carbons (Fsp3) is 0.550. The number of hydrogen-bond donors (Lipinski definition) is 0. The molecule has 3 aliphatic rings. The van der Waals surface area contributed by atoms with E-state index in [0.29, 0.717) is 12.0 Å². The highest BCUT2D eigenvalue weighted by Crippen LogP contribution is 2.48. The fourth-order valence-electron chi connectivity index (χ4n) is 3.76. The summed E-state index contributed by atoms with van der Waals surface area (Å²) in [6.45, 7) is 1.76. The van der Waals surface area contributed by atoms with Crippen molar-refractivity contribution < 1.29 is 4.79 Å². The van der Waals surface area contributed by atoms with Gasteiger partial charge in [0.25, 0.3) is 0 Å². The van der Waals surface area contributed by atoms with Crippen LogP contribution in [0.2, 0.25) is 0 Å². The molecule has 2 aliphatic carbocycles. The maximum absolute atomic E-state index is 13.2. The minimum atomic E-state index is -0.233. The quantitative estimate of drug-likeness (QED) is 0.725. The predicted octanol–water partition coefficient (Wildman–Crippen LogP) is 3.95. The van der Waals surface area contributed by atoms with Crippen LogP contribution in [0.15, 0.2) is 35.5 Å². The Kier molecular flexibility index (Phi) is 4.23. The van der Waals surface area contributed by atoms with E-state index in [1.54, 1.807) is 11.8 Å². The molecule has 1 saturated heterocycles. The molecule has 0 N–H and O–H groups in total. The zero-order valence-corrected chi connectivity index (χ0v) is 15.7. The molecule has 0 spiro atoms. The first-order valence-corrected chi connectivity index (χ1v) is 10.6. The highest BCUT2D eigenvalue weighted by molar-refractivity contribution is 8.00. The topological polar surface area (TPSA) is 51.0 Å². The van der Waals surface area contributed by atoms with Crippen molar-refractivity contribution in [2.24, 2.45) is 0 Å². The molecular formula is C20H24N4OS. The largest absolute Gasteiger partial charge is 0.341 e. The van der Waals surface area contributed by atoms with Crippen LogP contribution in [0.5, 0.6) is 0 Å². The van der Waals surface area contributed by atoms with Crippen molar-refractivity contribution in [2.75, 3.05) is 13.1 Å². The van der Waals surface area contributed by atoms with Crippen molar-refractivity contribution in [1.82, 2.24) is 19.7 Å². The summed E-state index contributed by atoms with van der Waals surface area (Å²) in [5, 5.41) is 9.72. The number of amides is 1. The number of hydrogen-bond acceptors (Lipinski definition) is 4. The molecule has 1 atom stereocenters. The fourth-order valence-corrected chi connectivity index (χ4v) is 4.96. The van der Waals surface area contributed by atoms with Crippen LogP contribution < -0.4 is 0 Å². The minimum absolute atomic E-state index is 0.219. The SMILES string of the molecule is O=C([C@H](Sc1nnc(C2CC2)n1C1CC1)c1ccccc1)N1CCCC1. The zero-order chi connectivity index (χ0) is 17.5. The highest BCUT2D eigenvalue weighted by Gasteiger charge is 2.38. The number of likely N-dealkylation sites (tertiary alicyclic amines) is 1. The Bertz CT molecular complexity index is 791. The second kappa shape index (κ2) is 6.72. The molecule has 0 bridgehead atoms. The van der Waals surface area contributed by atoms with Gasteiger partial charge in [0, 0.05) is 25.0 Å². The number of benzene rings is 1. The van der Waals surface area contributed by atoms with E-state index in [0.717, 1.165) is 42.5 Å². The van der Waals surface area contributed by atoms with Crippen LogP contribution in [0.25, 0.3) is 0 Å². The number of aromatic nitrogens is 3. The molecule has 1 amide bonds. The van der Waals surface area contributed by atoms with Gasteiger partial charge in [0.2, 0.25) is 5.91 Å². The summed E-state index contributed by atoms with van der Waals surface area (Å²) in [6.07, 6.45) is 7.10. The van der Waals surface area contributed by atoms with Gasteiger partial charge < -0.3 is 9.47 Å². The molecule has 5 rings (SSSR count). The van der Waals surface area contributed by atoms with Gasteiger partial charge in [0.15, 0.2) is 5.16 Å². The van der Waals surface area contributed by atoms with Crippen LogP contribution in [0.3, 0.4) is 0 Å². The van der Waals surface area contributed by atoms with E-state index in [1.807, 2.05) is 23.1 Å².